The van der Waals surface area contributed by atoms with E-state index in [-0.39, 0.29) is 42.9 Å². The van der Waals surface area contributed by atoms with Gasteiger partial charge in [0.25, 0.3) is 5.91 Å². The number of rotatable bonds is 5. The zero-order valence-corrected chi connectivity index (χ0v) is 20.1. The third-order valence-corrected chi connectivity index (χ3v) is 7.46. The van der Waals surface area contributed by atoms with Gasteiger partial charge >= 0.3 is 0 Å². The summed E-state index contributed by atoms with van der Waals surface area (Å²) in [4.78, 5) is 40.4. The standard InChI is InChI=1S/C27H27FN4O4/c1-36-24-10-16(2-3-18(24)13-29)14-31-8-6-17(7-9-31)20-11-19-15-32(27(35)21(19)12-22(20)28)23-4-5-25(33)30-26(23)34/h2-3,10-12,17,23H,4-9,14-15H2,1H3,(H,30,33,34). The molecule has 1 N–H and O–H groups in total. The van der Waals surface area contributed by atoms with Crippen LogP contribution in [0.25, 0.3) is 0 Å². The van der Waals surface area contributed by atoms with Crippen LogP contribution in [0.2, 0.25) is 0 Å². The number of amides is 3. The molecule has 1 unspecified atom stereocenters. The molecule has 0 saturated carbocycles. The van der Waals surface area contributed by atoms with Crippen molar-refractivity contribution in [3.8, 4) is 11.8 Å². The molecular formula is C27H27FN4O4. The molecule has 3 amide bonds. The lowest BCUT2D eigenvalue weighted by Gasteiger charge is -2.32. The van der Waals surface area contributed by atoms with Gasteiger partial charge in [0.15, 0.2) is 0 Å². The quantitative estimate of drug-likeness (QED) is 0.647. The molecule has 0 spiro atoms. The van der Waals surface area contributed by atoms with Crippen LogP contribution < -0.4 is 10.1 Å². The molecule has 5 rings (SSSR count). The van der Waals surface area contributed by atoms with Gasteiger partial charge in [0.1, 0.15) is 23.7 Å². The third kappa shape index (κ3) is 4.44. The lowest BCUT2D eigenvalue weighted by molar-refractivity contribution is -0.136. The highest BCUT2D eigenvalue weighted by Gasteiger charge is 2.40. The van der Waals surface area contributed by atoms with Gasteiger partial charge in [-0.05, 0) is 73.2 Å². The number of halogens is 1. The van der Waals surface area contributed by atoms with Crippen LogP contribution in [-0.2, 0) is 22.7 Å². The maximum atomic E-state index is 15.2. The Balaban J connectivity index is 1.25. The van der Waals surface area contributed by atoms with Crippen LogP contribution in [0.15, 0.2) is 30.3 Å². The van der Waals surface area contributed by atoms with Gasteiger partial charge in [-0.15, -0.1) is 0 Å². The first-order valence-corrected chi connectivity index (χ1v) is 12.1. The van der Waals surface area contributed by atoms with Crippen LogP contribution in [0.5, 0.6) is 5.75 Å². The summed E-state index contributed by atoms with van der Waals surface area (Å²) in [6, 6.07) is 10.1. The minimum atomic E-state index is -0.710. The van der Waals surface area contributed by atoms with Crippen LogP contribution >= 0.6 is 0 Å². The van der Waals surface area contributed by atoms with E-state index in [9.17, 15) is 19.6 Å². The number of imide groups is 1. The van der Waals surface area contributed by atoms with Gasteiger partial charge in [0, 0.05) is 25.1 Å². The van der Waals surface area contributed by atoms with Crippen molar-refractivity contribution in [2.75, 3.05) is 20.2 Å². The summed E-state index contributed by atoms with van der Waals surface area (Å²) >= 11 is 0. The summed E-state index contributed by atoms with van der Waals surface area (Å²) in [5, 5.41) is 11.5. The van der Waals surface area contributed by atoms with Gasteiger partial charge in [-0.3, -0.25) is 24.6 Å². The zero-order chi connectivity index (χ0) is 25.4. The fraction of sp³-hybridized carbons (Fsp3) is 0.407. The van der Waals surface area contributed by atoms with Gasteiger partial charge in [-0.25, -0.2) is 4.39 Å². The van der Waals surface area contributed by atoms with Crippen LogP contribution in [0.1, 0.15) is 64.2 Å². The van der Waals surface area contributed by atoms with Crippen LogP contribution in [0.3, 0.4) is 0 Å². The first kappa shape index (κ1) is 23.9. The maximum Gasteiger partial charge on any atom is 0.255 e. The van der Waals surface area contributed by atoms with Crippen molar-refractivity contribution < 1.29 is 23.5 Å². The fourth-order valence-corrected chi connectivity index (χ4v) is 5.51. The van der Waals surface area contributed by atoms with E-state index in [2.05, 4.69) is 16.3 Å². The van der Waals surface area contributed by atoms with Crippen molar-refractivity contribution in [3.05, 3.63) is 64.0 Å². The third-order valence-electron chi connectivity index (χ3n) is 7.46. The Morgan fingerprint density at radius 3 is 2.61 bits per heavy atom. The number of nitriles is 1. The fourth-order valence-electron chi connectivity index (χ4n) is 5.51. The molecule has 0 aliphatic carbocycles. The molecule has 8 nitrogen and oxygen atoms in total. The first-order valence-electron chi connectivity index (χ1n) is 12.1. The van der Waals surface area contributed by atoms with Gasteiger partial charge in [-0.2, -0.15) is 5.26 Å². The number of nitrogens with zero attached hydrogens (tertiary/aromatic N) is 3. The number of fused-ring (bicyclic) bond motifs is 1. The number of carbonyl (C=O) groups is 3. The summed E-state index contributed by atoms with van der Waals surface area (Å²) in [5.74, 6) is -0.952. The Morgan fingerprint density at radius 2 is 1.92 bits per heavy atom. The number of ether oxygens (including phenoxy) is 1. The Bertz CT molecular complexity index is 1280. The monoisotopic (exact) mass is 490 g/mol. The topological polar surface area (TPSA) is 103 Å². The molecule has 2 aromatic carbocycles. The second-order valence-corrected chi connectivity index (χ2v) is 9.63. The van der Waals surface area contributed by atoms with Gasteiger partial charge in [0.2, 0.25) is 11.8 Å². The predicted octanol–water partition coefficient (Wildman–Crippen LogP) is 2.85. The van der Waals surface area contributed by atoms with Gasteiger partial charge < -0.3 is 9.64 Å². The van der Waals surface area contributed by atoms with Crippen LogP contribution in [-0.4, -0.2) is 53.8 Å². The predicted molar refractivity (Wildman–Crippen MR) is 127 cm³/mol. The van der Waals surface area contributed by atoms with E-state index in [0.29, 0.717) is 22.4 Å². The van der Waals surface area contributed by atoms with Crippen molar-refractivity contribution in [2.45, 2.75) is 50.7 Å². The first-order chi connectivity index (χ1) is 17.4. The van der Waals surface area contributed by atoms with E-state index < -0.39 is 11.9 Å². The molecule has 36 heavy (non-hydrogen) atoms. The number of hydrogen-bond donors (Lipinski definition) is 1. The Morgan fingerprint density at radius 1 is 1.14 bits per heavy atom. The highest BCUT2D eigenvalue weighted by molar-refractivity contribution is 6.05. The second kappa shape index (κ2) is 9.70. The number of benzene rings is 2. The highest BCUT2D eigenvalue weighted by Crippen LogP contribution is 2.36. The van der Waals surface area contributed by atoms with Crippen molar-refractivity contribution in [1.29, 1.82) is 5.26 Å². The molecule has 3 aliphatic heterocycles. The van der Waals surface area contributed by atoms with Crippen molar-refractivity contribution in [3.63, 3.8) is 0 Å². The molecule has 2 saturated heterocycles. The lowest BCUT2D eigenvalue weighted by atomic mass is 9.87. The number of likely N-dealkylation sites (tertiary alicyclic amines) is 1. The summed E-state index contributed by atoms with van der Waals surface area (Å²) in [5.41, 5.74) is 3.20. The minimum absolute atomic E-state index is 0.0433. The lowest BCUT2D eigenvalue weighted by Crippen LogP contribution is -2.52. The van der Waals surface area contributed by atoms with E-state index >= 15 is 4.39 Å². The largest absolute Gasteiger partial charge is 0.495 e. The summed E-state index contributed by atoms with van der Waals surface area (Å²) in [7, 11) is 1.55. The van der Waals surface area contributed by atoms with Crippen molar-refractivity contribution in [2.24, 2.45) is 0 Å². The van der Waals surface area contributed by atoms with Gasteiger partial charge in [-0.1, -0.05) is 12.1 Å². The molecule has 2 aromatic rings. The Labute approximate surface area is 208 Å². The molecule has 1 atom stereocenters. The number of hydrogen-bond acceptors (Lipinski definition) is 6. The molecule has 186 valence electrons. The summed E-state index contributed by atoms with van der Waals surface area (Å²) < 4.78 is 20.5. The van der Waals surface area contributed by atoms with E-state index in [0.717, 1.165) is 43.6 Å². The number of methoxy groups -OCH3 is 1. The molecular weight excluding hydrogens is 463 g/mol. The highest BCUT2D eigenvalue weighted by atomic mass is 19.1. The second-order valence-electron chi connectivity index (χ2n) is 9.63. The molecule has 0 aromatic heterocycles. The van der Waals surface area contributed by atoms with E-state index in [1.165, 1.54) is 11.0 Å². The average molecular weight is 491 g/mol. The SMILES string of the molecule is COc1cc(CN2CCC(c3cc4c(cc3F)C(=O)N(C3CCC(=O)NC3=O)C4)CC2)ccc1C#N. The smallest absolute Gasteiger partial charge is 0.255 e. The van der Waals surface area contributed by atoms with E-state index in [4.69, 9.17) is 4.74 Å². The van der Waals surface area contributed by atoms with Crippen LogP contribution in [0, 0.1) is 17.1 Å². The molecule has 3 heterocycles. The summed E-state index contributed by atoms with van der Waals surface area (Å²) in [6.45, 7) is 2.56. The average Bonchev–Trinajstić information content (AvgIpc) is 3.19. The van der Waals surface area contributed by atoms with Crippen molar-refractivity contribution >= 4 is 17.7 Å². The number of carbonyl (C=O) groups excluding carboxylic acids is 3. The van der Waals surface area contributed by atoms with E-state index in [1.54, 1.807) is 19.2 Å². The Kier molecular flexibility index (Phi) is 6.46. The number of nitrogens with one attached hydrogen (secondary N) is 1. The zero-order valence-electron chi connectivity index (χ0n) is 20.1. The maximum absolute atomic E-state index is 15.2. The Hall–Kier alpha value is -3.77. The number of piperidine rings is 2. The van der Waals surface area contributed by atoms with Crippen molar-refractivity contribution in [1.82, 2.24) is 15.1 Å². The van der Waals surface area contributed by atoms with Crippen LogP contribution in [0.4, 0.5) is 4.39 Å². The molecule has 3 aliphatic rings. The molecule has 2 fully saturated rings. The molecule has 9 heteroatoms. The molecule has 0 radical (unpaired) electrons. The molecule has 0 bridgehead atoms. The normalized spacial score (nSPS) is 20.8. The minimum Gasteiger partial charge on any atom is -0.495 e. The van der Waals surface area contributed by atoms with E-state index in [1.807, 2.05) is 12.1 Å². The summed E-state index contributed by atoms with van der Waals surface area (Å²) in [6.07, 6.45) is 2.04. The van der Waals surface area contributed by atoms with Gasteiger partial charge in [0.05, 0.1) is 12.7 Å².